The Bertz CT molecular complexity index is 633. The molecule has 0 atom stereocenters. The average Bonchev–Trinajstić information content (AvgIpc) is 2.63. The van der Waals surface area contributed by atoms with Crippen molar-refractivity contribution < 1.29 is 23.5 Å². The van der Waals surface area contributed by atoms with E-state index in [1.165, 1.54) is 43.1 Å². The summed E-state index contributed by atoms with van der Waals surface area (Å²) in [6.07, 6.45) is 1.00. The van der Waals surface area contributed by atoms with Crippen LogP contribution in [0.2, 0.25) is 0 Å². The number of rotatable bonds is 6. The van der Waals surface area contributed by atoms with E-state index in [9.17, 15) is 18.8 Å². The number of piperidine rings is 1. The number of halogens is 1. The van der Waals surface area contributed by atoms with Gasteiger partial charge in [-0.1, -0.05) is 0 Å². The number of benzene rings is 1. The minimum absolute atomic E-state index is 0.0250. The van der Waals surface area contributed by atoms with Gasteiger partial charge in [-0.3, -0.25) is 9.59 Å². The van der Waals surface area contributed by atoms with Gasteiger partial charge in [-0.2, -0.15) is 0 Å². The van der Waals surface area contributed by atoms with E-state index in [1.54, 1.807) is 4.90 Å². The van der Waals surface area contributed by atoms with Crippen molar-refractivity contribution in [2.75, 3.05) is 37.0 Å². The summed E-state index contributed by atoms with van der Waals surface area (Å²) in [5, 5.41) is 5.55. The van der Waals surface area contributed by atoms with E-state index < -0.39 is 0 Å². The Labute approximate surface area is 155 Å². The van der Waals surface area contributed by atoms with E-state index in [-0.39, 0.29) is 41.3 Å². The maximum absolute atomic E-state index is 12.8. The first kappa shape index (κ1) is 20.0. The van der Waals surface area contributed by atoms with Crippen LogP contribution in [0.4, 0.5) is 14.9 Å². The van der Waals surface area contributed by atoms with Crippen molar-refractivity contribution in [3.05, 3.63) is 30.1 Å². The maximum Gasteiger partial charge on any atom is 0.409 e. The summed E-state index contributed by atoms with van der Waals surface area (Å²) in [5.74, 6) is -0.451. The topological polar surface area (TPSA) is 87.7 Å². The second-order valence-corrected chi connectivity index (χ2v) is 6.83. The van der Waals surface area contributed by atoms with Crippen LogP contribution in [-0.4, -0.2) is 60.6 Å². The number of hydrogen-bond donors (Lipinski definition) is 2. The summed E-state index contributed by atoms with van der Waals surface area (Å²) in [6.45, 7) is 1.09. The molecule has 3 amide bonds. The molecule has 0 unspecified atom stereocenters. The number of likely N-dealkylation sites (tertiary alicyclic amines) is 1. The van der Waals surface area contributed by atoms with Gasteiger partial charge in [-0.25, -0.2) is 9.18 Å². The van der Waals surface area contributed by atoms with Crippen molar-refractivity contribution in [2.45, 2.75) is 18.9 Å². The predicted molar refractivity (Wildman–Crippen MR) is 97.5 cm³/mol. The molecule has 7 nitrogen and oxygen atoms in total. The molecule has 0 spiro atoms. The largest absolute Gasteiger partial charge is 0.453 e. The first-order valence-electron chi connectivity index (χ1n) is 8.23. The highest BCUT2D eigenvalue weighted by Crippen LogP contribution is 2.12. The van der Waals surface area contributed by atoms with Crippen molar-refractivity contribution >= 4 is 35.4 Å². The molecule has 26 heavy (non-hydrogen) atoms. The molecule has 2 N–H and O–H groups in total. The lowest BCUT2D eigenvalue weighted by Crippen LogP contribution is -2.47. The van der Waals surface area contributed by atoms with Crippen molar-refractivity contribution in [1.82, 2.24) is 10.2 Å². The lowest BCUT2D eigenvalue weighted by atomic mass is 10.1. The van der Waals surface area contributed by atoms with Gasteiger partial charge in [-0.05, 0) is 37.1 Å². The lowest BCUT2D eigenvalue weighted by Gasteiger charge is -2.31. The van der Waals surface area contributed by atoms with Gasteiger partial charge in [0.25, 0.3) is 0 Å². The number of hydrogen-bond acceptors (Lipinski definition) is 5. The van der Waals surface area contributed by atoms with E-state index in [0.29, 0.717) is 31.6 Å². The Morgan fingerprint density at radius 3 is 2.38 bits per heavy atom. The molecular weight excluding hydrogens is 361 g/mol. The fraction of sp³-hybridized carbons (Fsp3) is 0.471. The van der Waals surface area contributed by atoms with E-state index in [2.05, 4.69) is 15.4 Å². The molecule has 0 radical (unpaired) electrons. The van der Waals surface area contributed by atoms with Crippen molar-refractivity contribution in [3.8, 4) is 0 Å². The first-order valence-corrected chi connectivity index (χ1v) is 9.39. The van der Waals surface area contributed by atoms with E-state index in [4.69, 9.17) is 0 Å². The maximum atomic E-state index is 12.8. The van der Waals surface area contributed by atoms with Gasteiger partial charge >= 0.3 is 6.09 Å². The summed E-state index contributed by atoms with van der Waals surface area (Å²) in [6, 6.07) is 5.51. The fourth-order valence-electron chi connectivity index (χ4n) is 2.57. The zero-order chi connectivity index (χ0) is 18.9. The number of nitrogens with one attached hydrogen (secondary N) is 2. The van der Waals surface area contributed by atoms with Crippen molar-refractivity contribution in [2.24, 2.45) is 0 Å². The first-order chi connectivity index (χ1) is 12.5. The van der Waals surface area contributed by atoms with Gasteiger partial charge in [0, 0.05) is 24.8 Å². The van der Waals surface area contributed by atoms with Gasteiger partial charge in [0.2, 0.25) is 11.8 Å². The van der Waals surface area contributed by atoms with Gasteiger partial charge in [0.15, 0.2) is 0 Å². The Balaban J connectivity index is 1.61. The summed E-state index contributed by atoms with van der Waals surface area (Å²) >= 11 is 1.21. The van der Waals surface area contributed by atoms with Crippen LogP contribution in [0.1, 0.15) is 12.8 Å². The van der Waals surface area contributed by atoms with E-state index >= 15 is 0 Å². The number of thioether (sulfide) groups is 1. The van der Waals surface area contributed by atoms with Gasteiger partial charge < -0.3 is 20.3 Å². The minimum atomic E-state index is -0.369. The highest BCUT2D eigenvalue weighted by molar-refractivity contribution is 8.00. The number of carbonyl (C=O) groups is 3. The quantitative estimate of drug-likeness (QED) is 0.783. The molecule has 0 aliphatic carbocycles. The predicted octanol–water partition coefficient (Wildman–Crippen LogP) is 1.84. The molecule has 1 aliphatic rings. The van der Waals surface area contributed by atoms with Crippen molar-refractivity contribution in [1.29, 1.82) is 0 Å². The SMILES string of the molecule is COC(=O)N1CCC(NC(=O)CSCC(=O)Nc2ccc(F)cc2)CC1. The van der Waals surface area contributed by atoms with Crippen LogP contribution in [0.3, 0.4) is 0 Å². The zero-order valence-corrected chi connectivity index (χ0v) is 15.3. The molecule has 1 aromatic rings. The third kappa shape index (κ3) is 6.55. The zero-order valence-electron chi connectivity index (χ0n) is 14.5. The molecule has 1 aromatic carbocycles. The Hall–Kier alpha value is -2.29. The summed E-state index contributed by atoms with van der Waals surface area (Å²) in [5.41, 5.74) is 0.513. The molecule has 0 saturated carbocycles. The van der Waals surface area contributed by atoms with Crippen LogP contribution in [0.15, 0.2) is 24.3 Å². The van der Waals surface area contributed by atoms with Crippen LogP contribution in [0.25, 0.3) is 0 Å². The smallest absolute Gasteiger partial charge is 0.409 e. The average molecular weight is 383 g/mol. The number of methoxy groups -OCH3 is 1. The standard InChI is InChI=1S/C17H22FN3O4S/c1-25-17(24)21-8-6-14(7-9-21)20-16(23)11-26-10-15(22)19-13-4-2-12(18)3-5-13/h2-5,14H,6-11H2,1H3,(H,19,22)(H,20,23). The summed E-state index contributed by atoms with van der Waals surface area (Å²) < 4.78 is 17.5. The van der Waals surface area contributed by atoms with Gasteiger partial charge in [0.1, 0.15) is 5.82 Å². The molecule has 1 fully saturated rings. The van der Waals surface area contributed by atoms with Crippen LogP contribution in [0.5, 0.6) is 0 Å². The highest BCUT2D eigenvalue weighted by Gasteiger charge is 2.24. The number of nitrogens with zero attached hydrogens (tertiary/aromatic N) is 1. The number of anilines is 1. The molecule has 142 valence electrons. The third-order valence-corrected chi connectivity index (χ3v) is 4.82. The monoisotopic (exact) mass is 383 g/mol. The van der Waals surface area contributed by atoms with Gasteiger partial charge in [-0.15, -0.1) is 11.8 Å². The molecule has 2 rings (SSSR count). The summed E-state index contributed by atoms with van der Waals surface area (Å²) in [4.78, 5) is 36.8. The van der Waals surface area contributed by atoms with Crippen LogP contribution >= 0.6 is 11.8 Å². The molecule has 0 bridgehead atoms. The lowest BCUT2D eigenvalue weighted by molar-refractivity contribution is -0.119. The van der Waals surface area contributed by atoms with Crippen LogP contribution in [-0.2, 0) is 14.3 Å². The Kier molecular flexibility index (Phi) is 7.71. The molecule has 1 aliphatic heterocycles. The molecule has 1 heterocycles. The number of ether oxygens (including phenoxy) is 1. The number of carbonyl (C=O) groups excluding carboxylic acids is 3. The number of amides is 3. The second kappa shape index (κ2) is 10.0. The molecule has 0 aromatic heterocycles. The third-order valence-electron chi connectivity index (χ3n) is 3.89. The Morgan fingerprint density at radius 2 is 1.77 bits per heavy atom. The molecule has 9 heteroatoms. The van der Waals surface area contributed by atoms with Gasteiger partial charge in [0.05, 0.1) is 18.6 Å². The van der Waals surface area contributed by atoms with Crippen molar-refractivity contribution in [3.63, 3.8) is 0 Å². The van der Waals surface area contributed by atoms with Crippen LogP contribution < -0.4 is 10.6 Å². The fourth-order valence-corrected chi connectivity index (χ4v) is 3.20. The Morgan fingerprint density at radius 1 is 1.15 bits per heavy atom. The highest BCUT2D eigenvalue weighted by atomic mass is 32.2. The second-order valence-electron chi connectivity index (χ2n) is 5.85. The van der Waals surface area contributed by atoms with E-state index in [1.807, 2.05) is 0 Å². The van der Waals surface area contributed by atoms with Crippen LogP contribution in [0, 0.1) is 5.82 Å². The summed E-state index contributed by atoms with van der Waals surface area (Å²) in [7, 11) is 1.35. The molecular formula is C17H22FN3O4S. The normalized spacial score (nSPS) is 14.6. The van der Waals surface area contributed by atoms with E-state index in [0.717, 1.165) is 0 Å². The molecule has 1 saturated heterocycles. The minimum Gasteiger partial charge on any atom is -0.453 e.